The summed E-state index contributed by atoms with van der Waals surface area (Å²) in [4.78, 5) is 11.1. The predicted molar refractivity (Wildman–Crippen MR) is 97.1 cm³/mol. The van der Waals surface area contributed by atoms with Gasteiger partial charge in [0.05, 0.1) is 11.7 Å². The highest BCUT2D eigenvalue weighted by molar-refractivity contribution is 5.95. The number of carbonyl (C=O) groups excluding carboxylic acids is 1. The van der Waals surface area contributed by atoms with Crippen LogP contribution in [-0.4, -0.2) is 42.1 Å². The second-order valence-corrected chi connectivity index (χ2v) is 6.29. The zero-order chi connectivity index (χ0) is 19.4. The Morgan fingerprint density at radius 1 is 1.26 bits per heavy atom. The minimum atomic E-state index is -0.708. The molecule has 1 aliphatic heterocycles. The Morgan fingerprint density at radius 2 is 2.04 bits per heavy atom. The molecule has 8 nitrogen and oxygen atoms in total. The normalized spacial score (nSPS) is 14.6. The number of carbonyl (C=O) groups is 1. The number of nitrogens with one attached hydrogen (secondary N) is 1. The van der Waals surface area contributed by atoms with Gasteiger partial charge >= 0.3 is 0 Å². The fourth-order valence-electron chi connectivity index (χ4n) is 2.64. The molecule has 0 saturated carbocycles. The highest BCUT2D eigenvalue weighted by atomic mass is 16.7. The lowest BCUT2D eigenvalue weighted by Gasteiger charge is -2.18. The third-order valence-electron chi connectivity index (χ3n) is 4.18. The zero-order valence-electron chi connectivity index (χ0n) is 14.8. The first kappa shape index (κ1) is 18.8. The molecule has 1 heterocycles. The number of nitrogens with two attached hydrogens (primary N) is 1. The number of hydrogen-bond acceptors (Lipinski definition) is 7. The molecule has 0 aromatic heterocycles. The van der Waals surface area contributed by atoms with Crippen LogP contribution in [0.4, 0.5) is 0 Å². The Balaban J connectivity index is 1.47. The maximum absolute atomic E-state index is 11.1. The second kappa shape index (κ2) is 8.15. The number of aliphatic hydroxyl groups excluding tert-OH is 1. The summed E-state index contributed by atoms with van der Waals surface area (Å²) in [6.45, 7) is 2.74. The topological polar surface area (TPSA) is 123 Å². The standard InChI is InChI=1S/C19H22N2O6/c1-11(9-25-13-3-4-14(19(20)24)15(22)7-13)21-8-16(23)12-2-5-17-18(6-12)27-10-26-17/h2-7,11,16,21-23H,8-10H2,1H3,(H2,20,24). The van der Waals surface area contributed by atoms with E-state index < -0.39 is 12.0 Å². The number of amides is 1. The van der Waals surface area contributed by atoms with Crippen LogP contribution < -0.4 is 25.3 Å². The van der Waals surface area contributed by atoms with E-state index in [-0.39, 0.29) is 24.1 Å². The number of aliphatic hydroxyl groups is 1. The number of aromatic hydroxyl groups is 1. The van der Waals surface area contributed by atoms with Crippen molar-refractivity contribution in [3.05, 3.63) is 47.5 Å². The number of benzene rings is 2. The lowest BCUT2D eigenvalue weighted by molar-refractivity contribution is 0.0997. The van der Waals surface area contributed by atoms with Crippen molar-refractivity contribution in [2.45, 2.75) is 19.1 Å². The molecule has 27 heavy (non-hydrogen) atoms. The van der Waals surface area contributed by atoms with Crippen molar-refractivity contribution >= 4 is 5.91 Å². The highest BCUT2D eigenvalue weighted by Gasteiger charge is 2.17. The van der Waals surface area contributed by atoms with E-state index in [2.05, 4.69) is 5.32 Å². The van der Waals surface area contributed by atoms with E-state index in [1.165, 1.54) is 12.1 Å². The summed E-state index contributed by atoms with van der Waals surface area (Å²) in [5.41, 5.74) is 5.91. The maximum atomic E-state index is 11.1. The van der Waals surface area contributed by atoms with Gasteiger partial charge in [0.2, 0.25) is 6.79 Å². The van der Waals surface area contributed by atoms with Crippen molar-refractivity contribution in [3.63, 3.8) is 0 Å². The first-order valence-corrected chi connectivity index (χ1v) is 8.50. The van der Waals surface area contributed by atoms with Gasteiger partial charge < -0.3 is 35.5 Å². The van der Waals surface area contributed by atoms with Gasteiger partial charge in [-0.3, -0.25) is 4.79 Å². The van der Waals surface area contributed by atoms with E-state index in [1.807, 2.05) is 6.92 Å². The van der Waals surface area contributed by atoms with Gasteiger partial charge in [-0.2, -0.15) is 0 Å². The average molecular weight is 374 g/mol. The van der Waals surface area contributed by atoms with Gasteiger partial charge in [-0.15, -0.1) is 0 Å². The van der Waals surface area contributed by atoms with E-state index >= 15 is 0 Å². The summed E-state index contributed by atoms with van der Waals surface area (Å²) in [6.07, 6.45) is -0.708. The van der Waals surface area contributed by atoms with Crippen LogP contribution in [-0.2, 0) is 0 Å². The van der Waals surface area contributed by atoms with Crippen LogP contribution in [0.3, 0.4) is 0 Å². The minimum absolute atomic E-state index is 0.0420. The average Bonchev–Trinajstić information content (AvgIpc) is 3.11. The van der Waals surface area contributed by atoms with Gasteiger partial charge in [0.1, 0.15) is 18.1 Å². The zero-order valence-corrected chi connectivity index (χ0v) is 14.8. The van der Waals surface area contributed by atoms with Crippen molar-refractivity contribution < 1.29 is 29.2 Å². The fourth-order valence-corrected chi connectivity index (χ4v) is 2.64. The van der Waals surface area contributed by atoms with Crippen molar-refractivity contribution in [2.24, 2.45) is 5.73 Å². The first-order chi connectivity index (χ1) is 12.9. The van der Waals surface area contributed by atoms with Crippen LogP contribution in [0.2, 0.25) is 0 Å². The van der Waals surface area contributed by atoms with Crippen LogP contribution in [0.5, 0.6) is 23.0 Å². The van der Waals surface area contributed by atoms with E-state index in [9.17, 15) is 15.0 Å². The molecule has 2 aromatic rings. The summed E-state index contributed by atoms with van der Waals surface area (Å²) < 4.78 is 16.2. The quantitative estimate of drug-likeness (QED) is 0.549. The molecule has 3 rings (SSSR count). The lowest BCUT2D eigenvalue weighted by atomic mass is 10.1. The monoisotopic (exact) mass is 374 g/mol. The van der Waals surface area contributed by atoms with Crippen LogP contribution >= 0.6 is 0 Å². The molecule has 5 N–H and O–H groups in total. The van der Waals surface area contributed by atoms with E-state index in [1.54, 1.807) is 24.3 Å². The molecule has 144 valence electrons. The van der Waals surface area contributed by atoms with Crippen LogP contribution in [0.1, 0.15) is 28.9 Å². The van der Waals surface area contributed by atoms with Crippen LogP contribution in [0, 0.1) is 0 Å². The van der Waals surface area contributed by atoms with Gasteiger partial charge in [0, 0.05) is 18.7 Å². The number of hydrogen-bond donors (Lipinski definition) is 4. The summed E-state index contributed by atoms with van der Waals surface area (Å²) >= 11 is 0. The van der Waals surface area contributed by atoms with Crippen molar-refractivity contribution in [1.29, 1.82) is 0 Å². The Hall–Kier alpha value is -2.97. The summed E-state index contributed by atoms with van der Waals surface area (Å²) in [5.74, 6) is 0.793. The van der Waals surface area contributed by atoms with E-state index in [4.69, 9.17) is 19.9 Å². The molecular formula is C19H22N2O6. The van der Waals surface area contributed by atoms with Gasteiger partial charge in [0.25, 0.3) is 5.91 Å². The molecule has 0 spiro atoms. The number of primary amides is 1. The van der Waals surface area contributed by atoms with Gasteiger partial charge in [-0.1, -0.05) is 6.07 Å². The van der Waals surface area contributed by atoms with Crippen molar-refractivity contribution in [2.75, 3.05) is 19.9 Å². The van der Waals surface area contributed by atoms with Gasteiger partial charge in [-0.05, 0) is 36.8 Å². The number of fused-ring (bicyclic) bond motifs is 1. The fraction of sp³-hybridized carbons (Fsp3) is 0.316. The maximum Gasteiger partial charge on any atom is 0.252 e. The SMILES string of the molecule is CC(COc1ccc(C(N)=O)c(O)c1)NCC(O)c1ccc2c(c1)OCO2. The molecule has 2 aromatic carbocycles. The molecule has 8 heteroatoms. The third-order valence-corrected chi connectivity index (χ3v) is 4.18. The number of phenols is 1. The highest BCUT2D eigenvalue weighted by Crippen LogP contribution is 2.34. The molecule has 0 radical (unpaired) electrons. The molecule has 0 saturated heterocycles. The Kier molecular flexibility index (Phi) is 5.68. The number of ether oxygens (including phenoxy) is 3. The Bertz CT molecular complexity index is 826. The smallest absolute Gasteiger partial charge is 0.252 e. The molecule has 1 aliphatic rings. The lowest BCUT2D eigenvalue weighted by Crippen LogP contribution is -2.34. The number of rotatable bonds is 8. The van der Waals surface area contributed by atoms with Gasteiger partial charge in [0.15, 0.2) is 11.5 Å². The minimum Gasteiger partial charge on any atom is -0.507 e. The van der Waals surface area contributed by atoms with Crippen molar-refractivity contribution in [3.8, 4) is 23.0 Å². The van der Waals surface area contributed by atoms with Gasteiger partial charge in [-0.25, -0.2) is 0 Å². The molecule has 0 bridgehead atoms. The first-order valence-electron chi connectivity index (χ1n) is 8.50. The van der Waals surface area contributed by atoms with Crippen molar-refractivity contribution in [1.82, 2.24) is 5.32 Å². The largest absolute Gasteiger partial charge is 0.507 e. The second-order valence-electron chi connectivity index (χ2n) is 6.29. The molecule has 0 aliphatic carbocycles. The molecule has 1 amide bonds. The summed E-state index contributed by atoms with van der Waals surface area (Å²) in [7, 11) is 0. The Morgan fingerprint density at radius 3 is 2.78 bits per heavy atom. The summed E-state index contributed by atoms with van der Waals surface area (Å²) in [6, 6.07) is 9.58. The Labute approximate surface area is 156 Å². The van der Waals surface area contributed by atoms with Crippen LogP contribution in [0.25, 0.3) is 0 Å². The molecule has 0 fully saturated rings. The molecule has 2 atom stereocenters. The van der Waals surface area contributed by atoms with E-state index in [0.29, 0.717) is 30.4 Å². The summed E-state index contributed by atoms with van der Waals surface area (Å²) in [5, 5.41) is 23.3. The predicted octanol–water partition coefficient (Wildman–Crippen LogP) is 1.31. The van der Waals surface area contributed by atoms with E-state index in [0.717, 1.165) is 5.56 Å². The third kappa shape index (κ3) is 4.60. The molecular weight excluding hydrogens is 352 g/mol. The van der Waals surface area contributed by atoms with Crippen LogP contribution in [0.15, 0.2) is 36.4 Å². The molecule has 2 unspecified atom stereocenters.